The number of hydrogen-bond acceptors (Lipinski definition) is 0. The standard InChI is InChI=1S/C24H52N.HI/c1-5-7-9-10-11-12-13-14-15-16-17-18-19-20-21-22-24-25(3,4)23-8-6-2;/h5-24H2,1-4H3;1H/q+1;/p-1. The molecule has 0 saturated carbocycles. The van der Waals surface area contributed by atoms with Crippen molar-refractivity contribution in [3.8, 4) is 0 Å². The lowest BCUT2D eigenvalue weighted by atomic mass is 10.0. The van der Waals surface area contributed by atoms with Crippen LogP contribution in [0.3, 0.4) is 0 Å². The SMILES string of the molecule is CCCCCCCCCCCCCCCCCC[N+](C)(C)CCCC.[I-]. The molecule has 0 atom stereocenters. The summed E-state index contributed by atoms with van der Waals surface area (Å²) in [4.78, 5) is 0. The van der Waals surface area contributed by atoms with E-state index < -0.39 is 0 Å². The molecule has 0 spiro atoms. The van der Waals surface area contributed by atoms with Gasteiger partial charge in [0.05, 0.1) is 27.2 Å². The summed E-state index contributed by atoms with van der Waals surface area (Å²) < 4.78 is 1.23. The van der Waals surface area contributed by atoms with E-state index in [1.807, 2.05) is 0 Å². The van der Waals surface area contributed by atoms with Crippen LogP contribution < -0.4 is 24.0 Å². The van der Waals surface area contributed by atoms with E-state index >= 15 is 0 Å². The van der Waals surface area contributed by atoms with Crippen LogP contribution in [0.25, 0.3) is 0 Å². The molecule has 0 aliphatic heterocycles. The first-order chi connectivity index (χ1) is 12.1. The van der Waals surface area contributed by atoms with Gasteiger partial charge in [0.25, 0.3) is 0 Å². The first-order valence-corrected chi connectivity index (χ1v) is 11.9. The Labute approximate surface area is 184 Å². The predicted octanol–water partition coefficient (Wildman–Crippen LogP) is 5.13. The zero-order valence-corrected chi connectivity index (χ0v) is 21.1. The van der Waals surface area contributed by atoms with Crippen LogP contribution in [0.1, 0.15) is 129 Å². The summed E-state index contributed by atoms with van der Waals surface area (Å²) >= 11 is 0. The zero-order chi connectivity index (χ0) is 18.6. The Hall–Kier alpha value is 0.690. The molecule has 0 aromatic heterocycles. The number of nitrogens with zero attached hydrogens (tertiary/aromatic N) is 1. The van der Waals surface area contributed by atoms with Gasteiger partial charge in [0.2, 0.25) is 0 Å². The quantitative estimate of drug-likeness (QED) is 0.129. The van der Waals surface area contributed by atoms with Gasteiger partial charge in [-0.1, -0.05) is 110 Å². The molecule has 1 nitrogen and oxygen atoms in total. The lowest BCUT2D eigenvalue weighted by Crippen LogP contribution is -3.00. The van der Waals surface area contributed by atoms with E-state index in [9.17, 15) is 0 Å². The van der Waals surface area contributed by atoms with Crippen LogP contribution in [-0.4, -0.2) is 31.7 Å². The molecule has 0 rings (SSSR count). The van der Waals surface area contributed by atoms with Crippen LogP contribution >= 0.6 is 0 Å². The topological polar surface area (TPSA) is 0 Å². The van der Waals surface area contributed by atoms with Crippen molar-refractivity contribution in [2.45, 2.75) is 129 Å². The van der Waals surface area contributed by atoms with Gasteiger partial charge in [0, 0.05) is 0 Å². The average molecular weight is 482 g/mol. The summed E-state index contributed by atoms with van der Waals surface area (Å²) in [6, 6.07) is 0. The maximum absolute atomic E-state index is 2.40. The van der Waals surface area contributed by atoms with Gasteiger partial charge in [-0.05, 0) is 19.3 Å². The van der Waals surface area contributed by atoms with Crippen molar-refractivity contribution in [1.29, 1.82) is 0 Å². The summed E-state index contributed by atoms with van der Waals surface area (Å²) in [6.45, 7) is 7.33. The van der Waals surface area contributed by atoms with Gasteiger partial charge >= 0.3 is 0 Å². The maximum atomic E-state index is 2.40. The predicted molar refractivity (Wildman–Crippen MR) is 116 cm³/mol. The highest BCUT2D eigenvalue weighted by atomic mass is 127. The smallest absolute Gasteiger partial charge is 0.0782 e. The van der Waals surface area contributed by atoms with E-state index in [0.717, 1.165) is 0 Å². The third kappa shape index (κ3) is 22.7. The summed E-state index contributed by atoms with van der Waals surface area (Å²) in [5.74, 6) is 0. The second-order valence-electron chi connectivity index (χ2n) is 9.04. The van der Waals surface area contributed by atoms with Crippen molar-refractivity contribution in [1.82, 2.24) is 0 Å². The van der Waals surface area contributed by atoms with Crippen molar-refractivity contribution in [2.24, 2.45) is 0 Å². The van der Waals surface area contributed by atoms with E-state index in [1.165, 1.54) is 133 Å². The minimum atomic E-state index is 0. The molecule has 0 amide bonds. The molecular formula is C24H52IN. The van der Waals surface area contributed by atoms with Crippen molar-refractivity contribution < 1.29 is 28.5 Å². The molecule has 0 N–H and O–H groups in total. The second kappa shape index (κ2) is 22.0. The lowest BCUT2D eigenvalue weighted by molar-refractivity contribution is -0.890. The van der Waals surface area contributed by atoms with Crippen molar-refractivity contribution in [3.63, 3.8) is 0 Å². The van der Waals surface area contributed by atoms with Crippen molar-refractivity contribution in [3.05, 3.63) is 0 Å². The fourth-order valence-electron chi connectivity index (χ4n) is 3.79. The molecule has 0 unspecified atom stereocenters. The van der Waals surface area contributed by atoms with Gasteiger partial charge in [0.1, 0.15) is 0 Å². The third-order valence-corrected chi connectivity index (χ3v) is 5.73. The molecule has 0 radical (unpaired) electrons. The fourth-order valence-corrected chi connectivity index (χ4v) is 3.79. The van der Waals surface area contributed by atoms with Crippen LogP contribution in [0.15, 0.2) is 0 Å². The van der Waals surface area contributed by atoms with E-state index in [1.54, 1.807) is 0 Å². The number of quaternary nitrogens is 1. The fraction of sp³-hybridized carbons (Fsp3) is 1.00. The number of unbranched alkanes of at least 4 members (excludes halogenated alkanes) is 16. The number of halogens is 1. The van der Waals surface area contributed by atoms with Crippen LogP contribution in [-0.2, 0) is 0 Å². The van der Waals surface area contributed by atoms with E-state index in [4.69, 9.17) is 0 Å². The van der Waals surface area contributed by atoms with E-state index in [0.29, 0.717) is 0 Å². The van der Waals surface area contributed by atoms with Crippen LogP contribution in [0.2, 0.25) is 0 Å². The van der Waals surface area contributed by atoms with Gasteiger partial charge in [0.15, 0.2) is 0 Å². The minimum absolute atomic E-state index is 0. The van der Waals surface area contributed by atoms with Gasteiger partial charge in [-0.15, -0.1) is 0 Å². The monoisotopic (exact) mass is 481 g/mol. The molecule has 26 heavy (non-hydrogen) atoms. The highest BCUT2D eigenvalue weighted by Gasteiger charge is 2.12. The molecule has 0 bridgehead atoms. The Morgan fingerprint density at radius 1 is 0.385 bits per heavy atom. The molecule has 2 heteroatoms. The third-order valence-electron chi connectivity index (χ3n) is 5.73. The molecule has 0 fully saturated rings. The summed E-state index contributed by atoms with van der Waals surface area (Å²) in [6.07, 6.45) is 26.1. The normalized spacial score (nSPS) is 11.5. The molecule has 0 heterocycles. The van der Waals surface area contributed by atoms with Gasteiger partial charge in [-0.25, -0.2) is 0 Å². The minimum Gasteiger partial charge on any atom is -1.00 e. The lowest BCUT2D eigenvalue weighted by Gasteiger charge is -2.29. The van der Waals surface area contributed by atoms with Crippen LogP contribution in [0.5, 0.6) is 0 Å². The van der Waals surface area contributed by atoms with Crippen molar-refractivity contribution >= 4 is 0 Å². The summed E-state index contributed by atoms with van der Waals surface area (Å²) in [7, 11) is 4.81. The Morgan fingerprint density at radius 3 is 1.00 bits per heavy atom. The molecule has 0 aliphatic carbocycles. The largest absolute Gasteiger partial charge is 1.00 e. The number of rotatable bonds is 20. The summed E-state index contributed by atoms with van der Waals surface area (Å²) in [5.41, 5.74) is 0. The zero-order valence-electron chi connectivity index (χ0n) is 19.0. The van der Waals surface area contributed by atoms with Crippen LogP contribution in [0.4, 0.5) is 0 Å². The average Bonchev–Trinajstić information content (AvgIpc) is 2.59. The summed E-state index contributed by atoms with van der Waals surface area (Å²) in [5, 5.41) is 0. The Morgan fingerprint density at radius 2 is 0.654 bits per heavy atom. The molecule has 0 aromatic carbocycles. The van der Waals surface area contributed by atoms with Gasteiger partial charge in [-0.2, -0.15) is 0 Å². The van der Waals surface area contributed by atoms with Crippen LogP contribution in [0, 0.1) is 0 Å². The van der Waals surface area contributed by atoms with E-state index in [2.05, 4.69) is 27.9 Å². The molecule has 0 aromatic rings. The van der Waals surface area contributed by atoms with Gasteiger partial charge in [-0.3, -0.25) is 0 Å². The molecule has 0 saturated heterocycles. The second-order valence-corrected chi connectivity index (χ2v) is 9.04. The number of hydrogen-bond donors (Lipinski definition) is 0. The maximum Gasteiger partial charge on any atom is 0.0782 e. The Kier molecular flexibility index (Phi) is 24.4. The Bertz CT molecular complexity index is 253. The highest BCUT2D eigenvalue weighted by Crippen LogP contribution is 2.14. The highest BCUT2D eigenvalue weighted by molar-refractivity contribution is 4.50. The first kappa shape index (κ1) is 28.9. The van der Waals surface area contributed by atoms with E-state index in [-0.39, 0.29) is 24.0 Å². The first-order valence-electron chi connectivity index (χ1n) is 11.9. The molecule has 0 aliphatic rings. The van der Waals surface area contributed by atoms with Crippen molar-refractivity contribution in [2.75, 3.05) is 27.2 Å². The Balaban J connectivity index is 0. The molecule has 160 valence electrons. The van der Waals surface area contributed by atoms with Gasteiger partial charge < -0.3 is 28.5 Å². The molecular weight excluding hydrogens is 429 g/mol.